The van der Waals surface area contributed by atoms with Gasteiger partial charge in [0, 0.05) is 0 Å². The van der Waals surface area contributed by atoms with Crippen LogP contribution in [0.2, 0.25) is 0 Å². The van der Waals surface area contributed by atoms with Gasteiger partial charge in [0.15, 0.2) is 0 Å². The molecule has 1 saturated heterocycles. The van der Waals surface area contributed by atoms with Gasteiger partial charge >= 0.3 is 0 Å². The second kappa shape index (κ2) is 2.60. The molecule has 0 spiro atoms. The summed E-state index contributed by atoms with van der Waals surface area (Å²) in [7, 11) is 0. The van der Waals surface area contributed by atoms with Gasteiger partial charge in [-0.25, -0.2) is 0 Å². The maximum atomic E-state index is 10.7. The van der Waals surface area contributed by atoms with Gasteiger partial charge in [0.25, 0.3) is 0 Å². The van der Waals surface area contributed by atoms with Crippen molar-refractivity contribution in [2.24, 2.45) is 5.73 Å². The van der Waals surface area contributed by atoms with Crippen molar-refractivity contribution >= 4 is 5.91 Å². The molecule has 3 N–H and O–H groups in total. The zero-order valence-electron chi connectivity index (χ0n) is 6.53. The number of hydrogen-bond acceptors (Lipinski definition) is 2. The molecule has 1 aromatic carbocycles. The Balaban J connectivity index is 2.11. The molecule has 3 heteroatoms. The minimum Gasteiger partial charge on any atom is -0.368 e. The summed E-state index contributed by atoms with van der Waals surface area (Å²) in [5.74, 6) is -0.274. The van der Waals surface area contributed by atoms with Gasteiger partial charge in [0.05, 0.1) is 6.04 Å². The monoisotopic (exact) mass is 162 g/mol. The van der Waals surface area contributed by atoms with Gasteiger partial charge in [0.2, 0.25) is 5.91 Å². The van der Waals surface area contributed by atoms with Crippen molar-refractivity contribution in [3.05, 3.63) is 35.9 Å². The summed E-state index contributed by atoms with van der Waals surface area (Å²) in [4.78, 5) is 10.7. The first-order valence-corrected chi connectivity index (χ1v) is 3.89. The summed E-state index contributed by atoms with van der Waals surface area (Å²) >= 11 is 0. The second-order valence-corrected chi connectivity index (χ2v) is 2.94. The number of rotatable bonds is 2. The van der Waals surface area contributed by atoms with Crippen molar-refractivity contribution < 1.29 is 4.79 Å². The molecule has 0 aromatic heterocycles. The third-order valence-corrected chi connectivity index (χ3v) is 2.05. The number of hydrogen-bond donors (Lipinski definition) is 2. The van der Waals surface area contributed by atoms with Crippen molar-refractivity contribution in [3.63, 3.8) is 0 Å². The van der Waals surface area contributed by atoms with Gasteiger partial charge in [-0.3, -0.25) is 10.1 Å². The van der Waals surface area contributed by atoms with Crippen LogP contribution in [0.25, 0.3) is 0 Å². The number of carbonyl (C=O) groups is 1. The number of amides is 1. The molecule has 0 bridgehead atoms. The van der Waals surface area contributed by atoms with Crippen LogP contribution in [0, 0.1) is 0 Å². The molecular weight excluding hydrogens is 152 g/mol. The van der Waals surface area contributed by atoms with Crippen LogP contribution in [-0.4, -0.2) is 11.9 Å². The molecule has 2 atom stereocenters. The molecule has 1 aliphatic rings. The van der Waals surface area contributed by atoms with Gasteiger partial charge in [-0.1, -0.05) is 30.3 Å². The van der Waals surface area contributed by atoms with Crippen molar-refractivity contribution in [1.82, 2.24) is 5.32 Å². The first-order valence-electron chi connectivity index (χ1n) is 3.89. The van der Waals surface area contributed by atoms with Crippen LogP contribution in [-0.2, 0) is 4.79 Å². The fourth-order valence-corrected chi connectivity index (χ4v) is 1.33. The maximum Gasteiger partial charge on any atom is 0.236 e. The quantitative estimate of drug-likeness (QED) is 0.609. The van der Waals surface area contributed by atoms with Crippen molar-refractivity contribution in [2.75, 3.05) is 0 Å². The van der Waals surface area contributed by atoms with E-state index >= 15 is 0 Å². The molecule has 1 amide bonds. The summed E-state index contributed by atoms with van der Waals surface area (Å²) in [5, 5.41) is 3.01. The zero-order valence-corrected chi connectivity index (χ0v) is 6.53. The van der Waals surface area contributed by atoms with Gasteiger partial charge < -0.3 is 5.73 Å². The highest BCUT2D eigenvalue weighted by atomic mass is 16.1. The minimum atomic E-state index is -0.274. The molecule has 2 rings (SSSR count). The highest BCUT2D eigenvalue weighted by molar-refractivity contribution is 5.84. The average molecular weight is 162 g/mol. The Morgan fingerprint density at radius 3 is 2.50 bits per heavy atom. The molecule has 1 aliphatic heterocycles. The lowest BCUT2D eigenvalue weighted by molar-refractivity contribution is -0.117. The summed E-state index contributed by atoms with van der Waals surface area (Å²) in [6.07, 6.45) is 0. The van der Waals surface area contributed by atoms with Gasteiger partial charge in [-0.15, -0.1) is 0 Å². The molecule has 2 unspecified atom stereocenters. The third-order valence-electron chi connectivity index (χ3n) is 2.05. The van der Waals surface area contributed by atoms with E-state index in [9.17, 15) is 4.79 Å². The van der Waals surface area contributed by atoms with Crippen LogP contribution in [0.1, 0.15) is 11.6 Å². The molecule has 1 fully saturated rings. The highest BCUT2D eigenvalue weighted by Gasteiger charge is 2.41. The molecule has 0 saturated carbocycles. The molecule has 12 heavy (non-hydrogen) atoms. The zero-order chi connectivity index (χ0) is 8.55. The van der Waals surface area contributed by atoms with Crippen molar-refractivity contribution in [2.45, 2.75) is 12.1 Å². The minimum absolute atomic E-state index is 0.142. The van der Waals surface area contributed by atoms with Crippen LogP contribution in [0.3, 0.4) is 0 Å². The smallest absolute Gasteiger partial charge is 0.236 e. The van der Waals surface area contributed by atoms with Crippen LogP contribution in [0.5, 0.6) is 0 Å². The normalized spacial score (nSPS) is 26.7. The lowest BCUT2D eigenvalue weighted by atomic mass is 10.1. The van der Waals surface area contributed by atoms with E-state index in [0.717, 1.165) is 5.56 Å². The fourth-order valence-electron chi connectivity index (χ4n) is 1.33. The Morgan fingerprint density at radius 2 is 2.00 bits per heavy atom. The van der Waals surface area contributed by atoms with E-state index in [-0.39, 0.29) is 18.0 Å². The molecule has 3 nitrogen and oxygen atoms in total. The van der Waals surface area contributed by atoms with E-state index in [1.807, 2.05) is 30.3 Å². The van der Waals surface area contributed by atoms with E-state index in [4.69, 9.17) is 5.73 Å². The van der Waals surface area contributed by atoms with Crippen molar-refractivity contribution in [3.8, 4) is 0 Å². The Hall–Kier alpha value is -1.35. The van der Waals surface area contributed by atoms with E-state index in [1.165, 1.54) is 0 Å². The Labute approximate surface area is 70.6 Å². The van der Waals surface area contributed by atoms with Crippen LogP contribution >= 0.6 is 0 Å². The van der Waals surface area contributed by atoms with E-state index < -0.39 is 0 Å². The Morgan fingerprint density at radius 1 is 1.33 bits per heavy atom. The average Bonchev–Trinajstić information content (AvgIpc) is 2.84. The van der Waals surface area contributed by atoms with Gasteiger partial charge in [-0.2, -0.15) is 0 Å². The first-order chi connectivity index (χ1) is 5.79. The van der Waals surface area contributed by atoms with Crippen LogP contribution in [0.4, 0.5) is 0 Å². The number of benzene rings is 1. The van der Waals surface area contributed by atoms with E-state index in [1.54, 1.807) is 0 Å². The second-order valence-electron chi connectivity index (χ2n) is 2.94. The van der Waals surface area contributed by atoms with Gasteiger partial charge in [-0.05, 0) is 5.56 Å². The lowest BCUT2D eigenvalue weighted by Gasteiger charge is -1.93. The predicted molar refractivity (Wildman–Crippen MR) is 45.3 cm³/mol. The first kappa shape index (κ1) is 7.31. The number of nitrogens with one attached hydrogen (secondary N) is 1. The third kappa shape index (κ3) is 1.19. The number of nitrogens with two attached hydrogens (primary N) is 1. The summed E-state index contributed by atoms with van der Waals surface area (Å²) in [5.41, 5.74) is 6.25. The largest absolute Gasteiger partial charge is 0.368 e. The summed E-state index contributed by atoms with van der Waals surface area (Å²) < 4.78 is 0. The lowest BCUT2D eigenvalue weighted by Crippen LogP contribution is -2.19. The predicted octanol–water partition coefficient (Wildman–Crippen LogP) is 0.185. The Kier molecular flexibility index (Phi) is 1.59. The molecule has 0 aliphatic carbocycles. The number of primary amides is 1. The fraction of sp³-hybridized carbons (Fsp3) is 0.222. The Bertz CT molecular complexity index is 297. The topological polar surface area (TPSA) is 65.0 Å². The molecule has 1 heterocycles. The molecule has 62 valence electrons. The number of carbonyl (C=O) groups excluding carboxylic acids is 1. The summed E-state index contributed by atoms with van der Waals surface area (Å²) in [6, 6.07) is 9.81. The highest BCUT2D eigenvalue weighted by Crippen LogP contribution is 2.28. The van der Waals surface area contributed by atoms with Gasteiger partial charge in [0.1, 0.15) is 6.04 Å². The summed E-state index contributed by atoms with van der Waals surface area (Å²) in [6.45, 7) is 0. The van der Waals surface area contributed by atoms with Crippen molar-refractivity contribution in [1.29, 1.82) is 0 Å². The van der Waals surface area contributed by atoms with Crippen LogP contribution < -0.4 is 11.1 Å². The molecule has 0 radical (unpaired) electrons. The van der Waals surface area contributed by atoms with E-state index in [2.05, 4.69) is 5.32 Å². The molecular formula is C9H10N2O. The van der Waals surface area contributed by atoms with Crippen LogP contribution in [0.15, 0.2) is 30.3 Å². The maximum absolute atomic E-state index is 10.7. The standard InChI is InChI=1S/C9H10N2O/c10-9(12)8-7(11-8)6-4-2-1-3-5-6/h1-5,7-8,11H,(H2,10,12). The molecule has 1 aromatic rings. The SMILES string of the molecule is NC(=O)C1NC1c1ccccc1. The van der Waals surface area contributed by atoms with E-state index in [0.29, 0.717) is 0 Å².